The molecule has 0 amide bonds. The first-order chi connectivity index (χ1) is 12.2. The lowest BCUT2D eigenvalue weighted by Gasteiger charge is -2.13. The molecule has 0 unspecified atom stereocenters. The van der Waals surface area contributed by atoms with Crippen molar-refractivity contribution < 1.29 is 38.4 Å². The average Bonchev–Trinajstić information content (AvgIpc) is 2.55. The quantitative estimate of drug-likeness (QED) is 0.254. The lowest BCUT2D eigenvalue weighted by Crippen LogP contribution is -2.13. The summed E-state index contributed by atoms with van der Waals surface area (Å²) in [6.45, 7) is 1.81. The fraction of sp³-hybridized carbons (Fsp3) is 0.429. The number of ether oxygens (including phenoxy) is 4. The van der Waals surface area contributed by atoms with Crippen LogP contribution in [0.4, 0.5) is 11.4 Å². The van der Waals surface area contributed by atoms with Gasteiger partial charge in [-0.2, -0.15) is 0 Å². The van der Waals surface area contributed by atoms with Gasteiger partial charge in [0.05, 0.1) is 22.0 Å². The molecule has 0 radical (unpaired) electrons. The van der Waals surface area contributed by atoms with Crippen LogP contribution in [-0.2, 0) is 19.1 Å². The fourth-order valence-corrected chi connectivity index (χ4v) is 1.73. The Bertz CT molecular complexity index is 644. The number of nitrogens with zero attached hydrogens (tertiary/aromatic N) is 2. The number of esters is 2. The minimum atomic E-state index is -0.931. The van der Waals surface area contributed by atoms with Gasteiger partial charge in [-0.05, 0) is 0 Å². The second kappa shape index (κ2) is 9.76. The lowest BCUT2D eigenvalue weighted by molar-refractivity contribution is -0.422. The van der Waals surface area contributed by atoms with Gasteiger partial charge >= 0.3 is 23.3 Å². The van der Waals surface area contributed by atoms with Crippen molar-refractivity contribution in [3.05, 3.63) is 32.4 Å². The molecule has 0 aliphatic rings. The minimum absolute atomic E-state index is 0.132. The molecule has 0 bridgehead atoms. The molecule has 0 N–H and O–H groups in total. The summed E-state index contributed by atoms with van der Waals surface area (Å²) in [4.78, 5) is 41.6. The Balaban J connectivity index is 3.01. The van der Waals surface area contributed by atoms with Crippen LogP contribution < -0.4 is 9.47 Å². The Morgan fingerprint density at radius 3 is 1.42 bits per heavy atom. The SMILES string of the molecule is CC(=O)OCCOc1cc([N+](=O)[O-])c([N+](=O)[O-])cc1OCCOC(C)=O. The number of nitro benzene ring substituents is 2. The predicted molar refractivity (Wildman–Crippen MR) is 84.0 cm³/mol. The Morgan fingerprint density at radius 1 is 0.808 bits per heavy atom. The zero-order valence-electron chi connectivity index (χ0n) is 14.0. The van der Waals surface area contributed by atoms with E-state index in [1.807, 2.05) is 0 Å². The van der Waals surface area contributed by atoms with E-state index in [9.17, 15) is 29.8 Å². The first-order valence-corrected chi connectivity index (χ1v) is 7.21. The highest BCUT2D eigenvalue weighted by molar-refractivity contribution is 5.66. The predicted octanol–water partition coefficient (Wildman–Crippen LogP) is 1.39. The average molecular weight is 372 g/mol. The van der Waals surface area contributed by atoms with Gasteiger partial charge < -0.3 is 18.9 Å². The van der Waals surface area contributed by atoms with Crippen molar-refractivity contribution in [3.8, 4) is 11.5 Å². The third kappa shape index (κ3) is 6.59. The Kier molecular flexibility index (Phi) is 7.73. The van der Waals surface area contributed by atoms with Crippen molar-refractivity contribution in [3.63, 3.8) is 0 Å². The van der Waals surface area contributed by atoms with Crippen LogP contribution in [0.1, 0.15) is 13.8 Å². The standard InChI is InChI=1S/C14H16N2O10/c1-9(17)23-3-5-25-13-7-11(15(19)20)12(16(21)22)8-14(13)26-6-4-24-10(2)18/h7-8H,3-6H2,1-2H3. The highest BCUT2D eigenvalue weighted by Crippen LogP contribution is 2.39. The molecule has 0 saturated carbocycles. The molecular weight excluding hydrogens is 356 g/mol. The van der Waals surface area contributed by atoms with Crippen LogP contribution in [0, 0.1) is 20.2 Å². The third-order valence-corrected chi connectivity index (χ3v) is 2.73. The highest BCUT2D eigenvalue weighted by atomic mass is 16.6. The van der Waals surface area contributed by atoms with E-state index in [-0.39, 0.29) is 37.9 Å². The van der Waals surface area contributed by atoms with E-state index < -0.39 is 33.2 Å². The minimum Gasteiger partial charge on any atom is -0.486 e. The van der Waals surface area contributed by atoms with E-state index in [2.05, 4.69) is 9.47 Å². The summed E-state index contributed by atoms with van der Waals surface area (Å²) < 4.78 is 19.8. The van der Waals surface area contributed by atoms with Crippen molar-refractivity contribution in [2.45, 2.75) is 13.8 Å². The topological polar surface area (TPSA) is 157 Å². The molecule has 12 nitrogen and oxygen atoms in total. The maximum absolute atomic E-state index is 11.0. The van der Waals surface area contributed by atoms with E-state index in [1.165, 1.54) is 13.8 Å². The summed E-state index contributed by atoms with van der Waals surface area (Å²) >= 11 is 0. The fourth-order valence-electron chi connectivity index (χ4n) is 1.73. The molecule has 142 valence electrons. The van der Waals surface area contributed by atoms with Gasteiger partial charge in [-0.25, -0.2) is 0 Å². The van der Waals surface area contributed by atoms with Crippen molar-refractivity contribution in [2.24, 2.45) is 0 Å². The van der Waals surface area contributed by atoms with Crippen LogP contribution in [0.15, 0.2) is 12.1 Å². The molecule has 1 rings (SSSR count). The van der Waals surface area contributed by atoms with Crippen molar-refractivity contribution >= 4 is 23.3 Å². The van der Waals surface area contributed by atoms with Crippen molar-refractivity contribution in [1.29, 1.82) is 0 Å². The van der Waals surface area contributed by atoms with Crippen LogP contribution in [0.3, 0.4) is 0 Å². The number of rotatable bonds is 10. The maximum atomic E-state index is 11.0. The monoisotopic (exact) mass is 372 g/mol. The number of carbonyl (C=O) groups is 2. The number of nitro groups is 2. The second-order valence-electron chi connectivity index (χ2n) is 4.68. The van der Waals surface area contributed by atoms with Crippen molar-refractivity contribution in [1.82, 2.24) is 0 Å². The lowest BCUT2D eigenvalue weighted by atomic mass is 10.2. The van der Waals surface area contributed by atoms with E-state index >= 15 is 0 Å². The summed E-state index contributed by atoms with van der Waals surface area (Å²) in [6, 6.07) is 1.68. The molecule has 26 heavy (non-hydrogen) atoms. The first-order valence-electron chi connectivity index (χ1n) is 7.21. The highest BCUT2D eigenvalue weighted by Gasteiger charge is 2.28. The molecule has 0 aliphatic heterocycles. The first kappa shape index (κ1) is 20.6. The van der Waals surface area contributed by atoms with Crippen LogP contribution >= 0.6 is 0 Å². The van der Waals surface area contributed by atoms with Gasteiger partial charge in [0, 0.05) is 13.8 Å². The summed E-state index contributed by atoms with van der Waals surface area (Å²) in [5.74, 6) is -1.39. The van der Waals surface area contributed by atoms with E-state index in [4.69, 9.17) is 9.47 Å². The van der Waals surface area contributed by atoms with E-state index in [0.717, 1.165) is 12.1 Å². The molecule has 1 aromatic carbocycles. The molecule has 0 aromatic heterocycles. The number of benzene rings is 1. The molecule has 0 atom stereocenters. The largest absolute Gasteiger partial charge is 0.486 e. The van der Waals surface area contributed by atoms with Crippen LogP contribution in [0.25, 0.3) is 0 Å². The van der Waals surface area contributed by atoms with E-state index in [0.29, 0.717) is 0 Å². The summed E-state index contributed by atoms with van der Waals surface area (Å²) in [7, 11) is 0. The molecule has 12 heteroatoms. The molecule has 0 fully saturated rings. The van der Waals surface area contributed by atoms with E-state index in [1.54, 1.807) is 0 Å². The molecule has 0 saturated heterocycles. The van der Waals surface area contributed by atoms with Crippen LogP contribution in [0.5, 0.6) is 11.5 Å². The molecule has 0 heterocycles. The van der Waals surface area contributed by atoms with Crippen LogP contribution in [-0.4, -0.2) is 48.2 Å². The molecular formula is C14H16N2O10. The van der Waals surface area contributed by atoms with Gasteiger partial charge in [-0.1, -0.05) is 0 Å². The molecule has 0 aliphatic carbocycles. The summed E-state index contributed by atoms with van der Waals surface area (Å²) in [6.07, 6.45) is 0. The third-order valence-electron chi connectivity index (χ3n) is 2.73. The zero-order valence-corrected chi connectivity index (χ0v) is 14.0. The second-order valence-corrected chi connectivity index (χ2v) is 4.68. The zero-order chi connectivity index (χ0) is 19.7. The summed E-state index contributed by atoms with van der Waals surface area (Å²) in [5, 5.41) is 22.0. The van der Waals surface area contributed by atoms with Gasteiger partial charge in [0.2, 0.25) is 0 Å². The maximum Gasteiger partial charge on any atom is 0.350 e. The van der Waals surface area contributed by atoms with Gasteiger partial charge in [-0.3, -0.25) is 29.8 Å². The van der Waals surface area contributed by atoms with Gasteiger partial charge in [-0.15, -0.1) is 0 Å². The smallest absolute Gasteiger partial charge is 0.350 e. The molecule has 0 spiro atoms. The van der Waals surface area contributed by atoms with Crippen molar-refractivity contribution in [2.75, 3.05) is 26.4 Å². The Hall–Kier alpha value is -3.44. The summed E-state index contributed by atoms with van der Waals surface area (Å²) in [5.41, 5.74) is -1.57. The normalized spacial score (nSPS) is 9.92. The molecule has 1 aromatic rings. The number of carbonyl (C=O) groups excluding carboxylic acids is 2. The van der Waals surface area contributed by atoms with Crippen LogP contribution in [0.2, 0.25) is 0 Å². The number of hydrogen-bond donors (Lipinski definition) is 0. The Morgan fingerprint density at radius 2 is 1.15 bits per heavy atom. The van der Waals surface area contributed by atoms with Gasteiger partial charge in [0.15, 0.2) is 11.5 Å². The Labute approximate surface area is 146 Å². The van der Waals surface area contributed by atoms with Gasteiger partial charge in [0.25, 0.3) is 0 Å². The van der Waals surface area contributed by atoms with Gasteiger partial charge in [0.1, 0.15) is 26.4 Å². The number of hydrogen-bond acceptors (Lipinski definition) is 10.